The minimum Gasteiger partial charge on any atom is -0.464 e. The van der Waals surface area contributed by atoms with Gasteiger partial charge in [-0.1, -0.05) is 23.2 Å². The van der Waals surface area contributed by atoms with Crippen molar-refractivity contribution in [2.45, 2.75) is 6.92 Å². The molecule has 0 aliphatic rings. The maximum atomic E-state index is 12.1. The van der Waals surface area contributed by atoms with Gasteiger partial charge in [0, 0.05) is 10.6 Å². The van der Waals surface area contributed by atoms with Gasteiger partial charge in [0.15, 0.2) is 11.3 Å². The van der Waals surface area contributed by atoms with E-state index in [1.807, 2.05) is 6.92 Å². The normalized spacial score (nSPS) is 11.0. The molecular weight excluding hydrogens is 405 g/mol. The zero-order chi connectivity index (χ0) is 16.7. The molecule has 0 N–H and O–H groups in total. The molecule has 0 saturated carbocycles. The standard InChI is InChI=1S/C15H10BrCl2N3O2/c1-7-13(16)14-19-11(9-4-3-8(17)5-10(9)18)6-12(15(22)23-2)21(14)20-7/h3-6H,1-2H3. The molecule has 3 rings (SSSR count). The Morgan fingerprint density at radius 1 is 1.30 bits per heavy atom. The van der Waals surface area contributed by atoms with E-state index in [0.717, 1.165) is 0 Å². The molecule has 0 atom stereocenters. The van der Waals surface area contributed by atoms with Crippen LogP contribution in [-0.4, -0.2) is 27.7 Å². The Hall–Kier alpha value is -1.63. The summed E-state index contributed by atoms with van der Waals surface area (Å²) in [7, 11) is 1.31. The number of hydrogen-bond donors (Lipinski definition) is 0. The Morgan fingerprint density at radius 3 is 2.70 bits per heavy atom. The number of aryl methyl sites for hydroxylation is 1. The second-order valence-electron chi connectivity index (χ2n) is 4.78. The van der Waals surface area contributed by atoms with Gasteiger partial charge in [-0.05, 0) is 47.1 Å². The summed E-state index contributed by atoms with van der Waals surface area (Å²) < 4.78 is 6.98. The third-order valence-corrected chi connectivity index (χ3v) is 4.77. The first-order chi connectivity index (χ1) is 10.9. The maximum Gasteiger partial charge on any atom is 0.356 e. The first-order valence-electron chi connectivity index (χ1n) is 6.52. The minimum atomic E-state index is -0.515. The predicted octanol–water partition coefficient (Wildman–Crippen LogP) is 4.56. The molecule has 23 heavy (non-hydrogen) atoms. The van der Waals surface area contributed by atoms with Gasteiger partial charge < -0.3 is 4.74 Å². The molecule has 0 aliphatic heterocycles. The molecule has 0 bridgehead atoms. The highest BCUT2D eigenvalue weighted by atomic mass is 79.9. The van der Waals surface area contributed by atoms with Gasteiger partial charge in [-0.3, -0.25) is 0 Å². The molecule has 2 aromatic heterocycles. The van der Waals surface area contributed by atoms with Crippen LogP contribution in [-0.2, 0) is 4.74 Å². The van der Waals surface area contributed by atoms with E-state index in [-0.39, 0.29) is 5.69 Å². The van der Waals surface area contributed by atoms with Crippen LogP contribution in [0.4, 0.5) is 0 Å². The Balaban J connectivity index is 2.34. The lowest BCUT2D eigenvalue weighted by Gasteiger charge is -2.08. The van der Waals surface area contributed by atoms with Gasteiger partial charge in [0.25, 0.3) is 0 Å². The van der Waals surface area contributed by atoms with Gasteiger partial charge in [0.2, 0.25) is 0 Å². The molecule has 0 amide bonds. The number of methoxy groups -OCH3 is 1. The van der Waals surface area contributed by atoms with Crippen LogP contribution in [0, 0.1) is 6.92 Å². The molecule has 8 heteroatoms. The zero-order valence-electron chi connectivity index (χ0n) is 12.1. The van der Waals surface area contributed by atoms with Crippen LogP contribution in [0.3, 0.4) is 0 Å². The van der Waals surface area contributed by atoms with Crippen LogP contribution in [0.25, 0.3) is 16.9 Å². The molecule has 0 spiro atoms. The average molecular weight is 415 g/mol. The summed E-state index contributed by atoms with van der Waals surface area (Å²) in [5.74, 6) is -0.515. The summed E-state index contributed by atoms with van der Waals surface area (Å²) >= 11 is 15.6. The molecule has 0 radical (unpaired) electrons. The number of ether oxygens (including phenoxy) is 1. The Labute approximate surface area is 150 Å². The lowest BCUT2D eigenvalue weighted by Crippen LogP contribution is -2.10. The molecule has 0 aliphatic carbocycles. The van der Waals surface area contributed by atoms with Crippen LogP contribution in [0.5, 0.6) is 0 Å². The third kappa shape index (κ3) is 2.82. The molecule has 0 saturated heterocycles. The zero-order valence-corrected chi connectivity index (χ0v) is 15.2. The summed E-state index contributed by atoms with van der Waals surface area (Å²) in [6, 6.07) is 6.68. The van der Waals surface area contributed by atoms with Gasteiger partial charge in [0.1, 0.15) is 0 Å². The summed E-state index contributed by atoms with van der Waals surface area (Å²) in [6.07, 6.45) is 0. The lowest BCUT2D eigenvalue weighted by atomic mass is 10.1. The first-order valence-corrected chi connectivity index (χ1v) is 8.07. The Kier molecular flexibility index (Phi) is 4.31. The van der Waals surface area contributed by atoms with Crippen LogP contribution in [0.2, 0.25) is 10.0 Å². The van der Waals surface area contributed by atoms with Gasteiger partial charge in [0.05, 0.1) is 28.0 Å². The second kappa shape index (κ2) is 6.11. The van der Waals surface area contributed by atoms with Crippen molar-refractivity contribution < 1.29 is 9.53 Å². The molecule has 3 aromatic rings. The summed E-state index contributed by atoms with van der Waals surface area (Å²) in [6.45, 7) is 1.81. The minimum absolute atomic E-state index is 0.257. The largest absolute Gasteiger partial charge is 0.464 e. The van der Waals surface area contributed by atoms with Crippen molar-refractivity contribution in [1.82, 2.24) is 14.6 Å². The fraction of sp³-hybridized carbons (Fsp3) is 0.133. The van der Waals surface area contributed by atoms with E-state index in [9.17, 15) is 4.79 Å². The number of rotatable bonds is 2. The number of esters is 1. The van der Waals surface area contributed by atoms with E-state index in [1.165, 1.54) is 11.6 Å². The fourth-order valence-electron chi connectivity index (χ4n) is 2.18. The number of carbonyl (C=O) groups is 1. The molecule has 2 heterocycles. The van der Waals surface area contributed by atoms with Crippen molar-refractivity contribution in [3.05, 3.63) is 50.2 Å². The molecule has 0 fully saturated rings. The second-order valence-corrected chi connectivity index (χ2v) is 6.41. The van der Waals surface area contributed by atoms with Gasteiger partial charge >= 0.3 is 5.97 Å². The van der Waals surface area contributed by atoms with Crippen LogP contribution >= 0.6 is 39.1 Å². The maximum absolute atomic E-state index is 12.1. The molecular formula is C15H10BrCl2N3O2. The van der Waals surface area contributed by atoms with Crippen molar-refractivity contribution in [2.24, 2.45) is 0 Å². The van der Waals surface area contributed by atoms with Crippen molar-refractivity contribution in [1.29, 1.82) is 0 Å². The monoisotopic (exact) mass is 413 g/mol. The number of nitrogens with zero attached hydrogens (tertiary/aromatic N) is 3. The van der Waals surface area contributed by atoms with Crippen LogP contribution < -0.4 is 0 Å². The highest BCUT2D eigenvalue weighted by Crippen LogP contribution is 2.31. The van der Waals surface area contributed by atoms with Crippen LogP contribution in [0.15, 0.2) is 28.7 Å². The quantitative estimate of drug-likeness (QED) is 0.576. The Bertz CT molecular complexity index is 940. The lowest BCUT2D eigenvalue weighted by molar-refractivity contribution is 0.0590. The average Bonchev–Trinajstić information content (AvgIpc) is 2.81. The number of hydrogen-bond acceptors (Lipinski definition) is 4. The van der Waals surface area contributed by atoms with E-state index < -0.39 is 5.97 Å². The number of fused-ring (bicyclic) bond motifs is 1. The summed E-state index contributed by atoms with van der Waals surface area (Å²) in [4.78, 5) is 16.6. The number of benzene rings is 1. The molecule has 1 aromatic carbocycles. The summed E-state index contributed by atoms with van der Waals surface area (Å²) in [5, 5.41) is 5.27. The molecule has 118 valence electrons. The van der Waals surface area contributed by atoms with E-state index >= 15 is 0 Å². The van der Waals surface area contributed by atoms with E-state index in [0.29, 0.717) is 37.1 Å². The smallest absolute Gasteiger partial charge is 0.356 e. The third-order valence-electron chi connectivity index (χ3n) is 3.29. The van der Waals surface area contributed by atoms with Gasteiger partial charge in [-0.15, -0.1) is 0 Å². The Morgan fingerprint density at radius 2 is 2.04 bits per heavy atom. The molecule has 5 nitrogen and oxygen atoms in total. The topological polar surface area (TPSA) is 56.5 Å². The van der Waals surface area contributed by atoms with Crippen molar-refractivity contribution in [3.8, 4) is 11.3 Å². The number of halogens is 3. The molecule has 0 unspecified atom stereocenters. The first kappa shape index (κ1) is 16.2. The van der Waals surface area contributed by atoms with E-state index in [4.69, 9.17) is 27.9 Å². The van der Waals surface area contributed by atoms with Gasteiger partial charge in [-0.2, -0.15) is 5.10 Å². The highest BCUT2D eigenvalue weighted by Gasteiger charge is 2.20. The van der Waals surface area contributed by atoms with E-state index in [2.05, 4.69) is 26.0 Å². The highest BCUT2D eigenvalue weighted by molar-refractivity contribution is 9.10. The number of aromatic nitrogens is 3. The SMILES string of the molecule is COC(=O)c1cc(-c2ccc(Cl)cc2Cl)nc2c(Br)c(C)nn12. The van der Waals surface area contributed by atoms with Crippen molar-refractivity contribution >= 4 is 50.7 Å². The van der Waals surface area contributed by atoms with Gasteiger partial charge in [-0.25, -0.2) is 14.3 Å². The van der Waals surface area contributed by atoms with Crippen molar-refractivity contribution in [2.75, 3.05) is 7.11 Å². The van der Waals surface area contributed by atoms with Crippen molar-refractivity contribution in [3.63, 3.8) is 0 Å². The number of carbonyl (C=O) groups excluding carboxylic acids is 1. The fourth-order valence-corrected chi connectivity index (χ4v) is 3.02. The van der Waals surface area contributed by atoms with Crippen LogP contribution in [0.1, 0.15) is 16.2 Å². The summed E-state index contributed by atoms with van der Waals surface area (Å²) in [5.41, 5.74) is 2.66. The predicted molar refractivity (Wildman–Crippen MR) is 92.2 cm³/mol. The van der Waals surface area contributed by atoms with E-state index in [1.54, 1.807) is 24.3 Å².